The van der Waals surface area contributed by atoms with E-state index in [1.807, 2.05) is 0 Å². The number of aromatic nitrogens is 1. The summed E-state index contributed by atoms with van der Waals surface area (Å²) < 4.78 is 6.75. The highest BCUT2D eigenvalue weighted by atomic mass is 35.5. The van der Waals surface area contributed by atoms with Crippen LogP contribution in [0.4, 0.5) is 0 Å². The number of esters is 1. The number of ketones is 1. The van der Waals surface area contributed by atoms with Gasteiger partial charge in [-0.2, -0.15) is 0 Å². The molecule has 0 fully saturated rings. The molecule has 3 aromatic rings. The van der Waals surface area contributed by atoms with Crippen LogP contribution in [0.5, 0.6) is 0 Å². The summed E-state index contributed by atoms with van der Waals surface area (Å²) in [7, 11) is 0. The van der Waals surface area contributed by atoms with Gasteiger partial charge in [0.05, 0.1) is 17.2 Å². The molecule has 0 bridgehead atoms. The molecule has 0 aliphatic carbocycles. The number of rotatable bonds is 4. The number of carbonyl (C=O) groups excluding carboxylic acids is 2. The van der Waals surface area contributed by atoms with Crippen LogP contribution in [-0.2, 0) is 4.74 Å². The van der Waals surface area contributed by atoms with Crippen LogP contribution in [0.3, 0.4) is 0 Å². The quantitative estimate of drug-likeness (QED) is 0.501. The average Bonchev–Trinajstić information content (AvgIpc) is 2.97. The number of ether oxygens (including phenoxy) is 1. The Kier molecular flexibility index (Phi) is 4.60. The molecule has 4 nitrogen and oxygen atoms in total. The van der Waals surface area contributed by atoms with Gasteiger partial charge in [0.1, 0.15) is 0 Å². The first-order valence-electron chi connectivity index (χ1n) is 7.28. The number of pyridine rings is 1. The summed E-state index contributed by atoms with van der Waals surface area (Å²) in [5.41, 5.74) is 2.00. The van der Waals surface area contributed by atoms with Crippen LogP contribution < -0.4 is 0 Å². The van der Waals surface area contributed by atoms with Gasteiger partial charge in [0.25, 0.3) is 0 Å². The molecule has 0 radical (unpaired) electrons. The number of hydrogen-bond acceptors (Lipinski definition) is 3. The Morgan fingerprint density at radius 2 is 1.83 bits per heavy atom. The molecule has 0 saturated heterocycles. The molecule has 3 rings (SSSR count). The van der Waals surface area contributed by atoms with E-state index in [4.69, 9.17) is 27.9 Å². The predicted octanol–water partition coefficient (Wildman–Crippen LogP) is 4.65. The van der Waals surface area contributed by atoms with Crippen molar-refractivity contribution >= 4 is 40.5 Å². The Labute approximate surface area is 148 Å². The van der Waals surface area contributed by atoms with E-state index in [1.165, 1.54) is 6.07 Å². The highest BCUT2D eigenvalue weighted by molar-refractivity contribution is 6.37. The molecule has 1 aromatic carbocycles. The molecule has 0 atom stereocenters. The summed E-state index contributed by atoms with van der Waals surface area (Å²) in [4.78, 5) is 24.4. The summed E-state index contributed by atoms with van der Waals surface area (Å²) in [6, 6.07) is 9.78. The van der Waals surface area contributed by atoms with Gasteiger partial charge in [0.15, 0.2) is 5.78 Å². The topological polar surface area (TPSA) is 47.8 Å². The third kappa shape index (κ3) is 3.16. The Morgan fingerprint density at radius 3 is 2.54 bits per heavy atom. The summed E-state index contributed by atoms with van der Waals surface area (Å²) in [5.74, 6) is -0.604. The van der Waals surface area contributed by atoms with Crippen molar-refractivity contribution in [2.45, 2.75) is 6.92 Å². The minimum Gasteiger partial charge on any atom is -0.462 e. The second kappa shape index (κ2) is 6.67. The first-order chi connectivity index (χ1) is 11.5. The second-order valence-corrected chi connectivity index (χ2v) is 5.99. The molecule has 2 heterocycles. The molecule has 0 spiro atoms. The SMILES string of the molecule is CCOC(=O)c1ccn2cc(C(=O)c3ccc(Cl)cc3Cl)cc2c1. The summed E-state index contributed by atoms with van der Waals surface area (Å²) in [6.07, 6.45) is 3.40. The number of halogens is 2. The van der Waals surface area contributed by atoms with Crippen molar-refractivity contribution in [2.24, 2.45) is 0 Å². The maximum atomic E-state index is 12.6. The van der Waals surface area contributed by atoms with Crippen molar-refractivity contribution in [3.8, 4) is 0 Å². The Hall–Kier alpha value is -2.30. The predicted molar refractivity (Wildman–Crippen MR) is 93.2 cm³/mol. The zero-order valence-electron chi connectivity index (χ0n) is 12.8. The lowest BCUT2D eigenvalue weighted by molar-refractivity contribution is 0.0526. The summed E-state index contributed by atoms with van der Waals surface area (Å²) in [5, 5.41) is 0.771. The first-order valence-corrected chi connectivity index (χ1v) is 8.04. The van der Waals surface area contributed by atoms with Crippen LogP contribution in [0.2, 0.25) is 10.0 Å². The second-order valence-electron chi connectivity index (χ2n) is 5.15. The van der Waals surface area contributed by atoms with Crippen LogP contribution in [0, 0.1) is 0 Å². The highest BCUT2D eigenvalue weighted by Crippen LogP contribution is 2.24. The number of carbonyl (C=O) groups is 2. The largest absolute Gasteiger partial charge is 0.462 e. The first kappa shape index (κ1) is 16.6. The van der Waals surface area contributed by atoms with E-state index in [0.29, 0.717) is 38.9 Å². The number of fused-ring (bicyclic) bond motifs is 1. The molecule has 6 heteroatoms. The lowest BCUT2D eigenvalue weighted by Gasteiger charge is -2.02. The van der Waals surface area contributed by atoms with Gasteiger partial charge >= 0.3 is 5.97 Å². The fraction of sp³-hybridized carbons (Fsp3) is 0.111. The third-order valence-electron chi connectivity index (χ3n) is 3.55. The van der Waals surface area contributed by atoms with Crippen molar-refractivity contribution in [3.05, 3.63) is 75.5 Å². The monoisotopic (exact) mass is 361 g/mol. The molecule has 2 aromatic heterocycles. The molecule has 122 valence electrons. The van der Waals surface area contributed by atoms with Gasteiger partial charge in [-0.1, -0.05) is 23.2 Å². The lowest BCUT2D eigenvalue weighted by atomic mass is 10.1. The Bertz CT molecular complexity index is 947. The standard InChI is InChI=1S/C18H13Cl2NO3/c1-2-24-18(23)11-5-6-21-10-12(8-14(21)7-11)17(22)15-4-3-13(19)9-16(15)20/h3-10H,2H2,1H3. The maximum absolute atomic E-state index is 12.6. The van der Waals surface area contributed by atoms with Gasteiger partial charge in [0.2, 0.25) is 0 Å². The van der Waals surface area contributed by atoms with E-state index in [2.05, 4.69) is 0 Å². The molecule has 24 heavy (non-hydrogen) atoms. The number of benzene rings is 1. The minimum absolute atomic E-state index is 0.210. The molecular formula is C18H13Cl2NO3. The zero-order chi connectivity index (χ0) is 17.3. The molecule has 0 N–H and O–H groups in total. The molecule has 0 aliphatic heterocycles. The van der Waals surface area contributed by atoms with Crippen LogP contribution in [-0.4, -0.2) is 22.8 Å². The van der Waals surface area contributed by atoms with Gasteiger partial charge in [-0.3, -0.25) is 4.79 Å². The fourth-order valence-electron chi connectivity index (χ4n) is 2.40. The zero-order valence-corrected chi connectivity index (χ0v) is 14.3. The molecule has 0 aliphatic rings. The molecule has 0 saturated carbocycles. The normalized spacial score (nSPS) is 10.8. The van der Waals surface area contributed by atoms with Crippen molar-refractivity contribution in [1.82, 2.24) is 4.40 Å². The van der Waals surface area contributed by atoms with E-state index >= 15 is 0 Å². The Balaban J connectivity index is 1.98. The minimum atomic E-state index is -0.394. The maximum Gasteiger partial charge on any atom is 0.338 e. The smallest absolute Gasteiger partial charge is 0.338 e. The summed E-state index contributed by atoms with van der Waals surface area (Å²) in [6.45, 7) is 2.06. The Morgan fingerprint density at radius 1 is 1.08 bits per heavy atom. The lowest BCUT2D eigenvalue weighted by Crippen LogP contribution is -2.04. The van der Waals surface area contributed by atoms with Crippen molar-refractivity contribution in [2.75, 3.05) is 6.61 Å². The van der Waals surface area contributed by atoms with E-state index in [1.54, 1.807) is 54.0 Å². The summed E-state index contributed by atoms with van der Waals surface area (Å²) >= 11 is 12.0. The van der Waals surface area contributed by atoms with Gasteiger partial charge in [-0.15, -0.1) is 0 Å². The average molecular weight is 362 g/mol. The van der Waals surface area contributed by atoms with Crippen LogP contribution in [0.1, 0.15) is 33.2 Å². The van der Waals surface area contributed by atoms with Gasteiger partial charge < -0.3 is 9.14 Å². The fourth-order valence-corrected chi connectivity index (χ4v) is 2.90. The van der Waals surface area contributed by atoms with Crippen LogP contribution in [0.25, 0.3) is 5.52 Å². The highest BCUT2D eigenvalue weighted by Gasteiger charge is 2.16. The molecule has 0 amide bonds. The van der Waals surface area contributed by atoms with Gasteiger partial charge in [-0.05, 0) is 43.3 Å². The van der Waals surface area contributed by atoms with E-state index in [9.17, 15) is 9.59 Å². The van der Waals surface area contributed by atoms with Gasteiger partial charge in [-0.25, -0.2) is 4.79 Å². The van der Waals surface area contributed by atoms with Crippen molar-refractivity contribution in [1.29, 1.82) is 0 Å². The van der Waals surface area contributed by atoms with Crippen LogP contribution in [0.15, 0.2) is 48.8 Å². The number of hydrogen-bond donors (Lipinski definition) is 0. The van der Waals surface area contributed by atoms with E-state index < -0.39 is 5.97 Å². The number of nitrogens with zero attached hydrogens (tertiary/aromatic N) is 1. The molecular weight excluding hydrogens is 349 g/mol. The van der Waals surface area contributed by atoms with Crippen LogP contribution >= 0.6 is 23.2 Å². The van der Waals surface area contributed by atoms with Crippen molar-refractivity contribution < 1.29 is 14.3 Å². The molecule has 0 unspecified atom stereocenters. The van der Waals surface area contributed by atoms with Gasteiger partial charge in [0, 0.05) is 34.1 Å². The van der Waals surface area contributed by atoms with E-state index in [-0.39, 0.29) is 5.78 Å². The van der Waals surface area contributed by atoms with Crippen molar-refractivity contribution in [3.63, 3.8) is 0 Å². The van der Waals surface area contributed by atoms with E-state index in [0.717, 1.165) is 0 Å². The third-order valence-corrected chi connectivity index (χ3v) is 4.09.